The summed E-state index contributed by atoms with van der Waals surface area (Å²) in [7, 11) is 0. The summed E-state index contributed by atoms with van der Waals surface area (Å²) in [5.41, 5.74) is 0. The van der Waals surface area contributed by atoms with Gasteiger partial charge >= 0.3 is 5.97 Å². The van der Waals surface area contributed by atoms with Gasteiger partial charge in [0.15, 0.2) is 0 Å². The highest BCUT2D eigenvalue weighted by molar-refractivity contribution is 5.80. The Bertz CT molecular complexity index is 402. The highest BCUT2D eigenvalue weighted by atomic mass is 16.4. The zero-order valence-electron chi connectivity index (χ0n) is 9.26. The van der Waals surface area contributed by atoms with Crippen LogP contribution in [0.4, 0.5) is 0 Å². The zero-order chi connectivity index (χ0) is 12.3. The first-order chi connectivity index (χ1) is 8.15. The van der Waals surface area contributed by atoms with Crippen LogP contribution in [0.2, 0.25) is 0 Å². The quantitative estimate of drug-likeness (QED) is 0.769. The van der Waals surface area contributed by atoms with Crippen molar-refractivity contribution in [1.29, 1.82) is 0 Å². The highest BCUT2D eigenvalue weighted by Crippen LogP contribution is 2.10. The van der Waals surface area contributed by atoms with E-state index in [0.29, 0.717) is 13.1 Å². The molecule has 0 spiro atoms. The number of hydrogen-bond acceptors (Lipinski definition) is 4. The third-order valence-electron chi connectivity index (χ3n) is 2.70. The molecule has 0 radical (unpaired) electrons. The normalized spacial score (nSPS) is 21.9. The Morgan fingerprint density at radius 1 is 1.65 bits per heavy atom. The molecule has 1 aliphatic rings. The second kappa shape index (κ2) is 5.01. The molecular formula is C11H14N2O4. The third-order valence-corrected chi connectivity index (χ3v) is 2.70. The molecule has 0 saturated carbocycles. The number of aliphatic carboxylic acids is 1. The molecule has 1 unspecified atom stereocenters. The summed E-state index contributed by atoms with van der Waals surface area (Å²) in [4.78, 5) is 24.2. The van der Waals surface area contributed by atoms with Crippen LogP contribution in [0.15, 0.2) is 22.8 Å². The molecule has 1 saturated heterocycles. The van der Waals surface area contributed by atoms with Gasteiger partial charge in [-0.05, 0) is 12.1 Å². The SMILES string of the molecule is O=C1CN(Cc2ccco2)CC(C(=O)O)CN1. The van der Waals surface area contributed by atoms with Crippen LogP contribution in [-0.4, -0.2) is 41.5 Å². The molecule has 1 amide bonds. The van der Waals surface area contributed by atoms with Crippen molar-refractivity contribution in [2.45, 2.75) is 6.54 Å². The van der Waals surface area contributed by atoms with Crippen molar-refractivity contribution >= 4 is 11.9 Å². The molecule has 1 aromatic rings. The molecule has 2 N–H and O–H groups in total. The lowest BCUT2D eigenvalue weighted by molar-refractivity contribution is -0.142. The number of carboxylic acid groups (broad SMARTS) is 1. The molecule has 6 nitrogen and oxygen atoms in total. The Balaban J connectivity index is 2.03. The van der Waals surface area contributed by atoms with Gasteiger partial charge in [-0.15, -0.1) is 0 Å². The lowest BCUT2D eigenvalue weighted by atomic mass is 10.1. The van der Waals surface area contributed by atoms with Gasteiger partial charge in [-0.2, -0.15) is 0 Å². The summed E-state index contributed by atoms with van der Waals surface area (Å²) in [6.45, 7) is 1.17. The Morgan fingerprint density at radius 3 is 3.12 bits per heavy atom. The molecule has 0 aliphatic carbocycles. The first-order valence-corrected chi connectivity index (χ1v) is 5.39. The van der Waals surface area contributed by atoms with Crippen molar-refractivity contribution in [2.24, 2.45) is 5.92 Å². The minimum absolute atomic E-state index is 0.152. The molecule has 92 valence electrons. The van der Waals surface area contributed by atoms with Crippen LogP contribution >= 0.6 is 0 Å². The second-order valence-corrected chi connectivity index (χ2v) is 4.09. The first kappa shape index (κ1) is 11.7. The van der Waals surface area contributed by atoms with Crippen molar-refractivity contribution in [3.05, 3.63) is 24.2 Å². The van der Waals surface area contributed by atoms with Crippen molar-refractivity contribution < 1.29 is 19.1 Å². The Hall–Kier alpha value is -1.82. The predicted molar refractivity (Wildman–Crippen MR) is 58.1 cm³/mol. The topological polar surface area (TPSA) is 82.8 Å². The van der Waals surface area contributed by atoms with E-state index >= 15 is 0 Å². The Kier molecular flexibility index (Phi) is 3.43. The molecule has 1 aliphatic heterocycles. The number of nitrogens with one attached hydrogen (secondary N) is 1. The maximum atomic E-state index is 11.4. The van der Waals surface area contributed by atoms with Crippen LogP contribution in [0, 0.1) is 5.92 Å². The van der Waals surface area contributed by atoms with Crippen molar-refractivity contribution in [3.63, 3.8) is 0 Å². The molecular weight excluding hydrogens is 224 g/mol. The molecule has 2 heterocycles. The maximum absolute atomic E-state index is 11.4. The number of furan rings is 1. The summed E-state index contributed by atoms with van der Waals surface area (Å²) in [6.07, 6.45) is 1.56. The zero-order valence-corrected chi connectivity index (χ0v) is 9.26. The maximum Gasteiger partial charge on any atom is 0.309 e. The molecule has 0 aromatic carbocycles. The van der Waals surface area contributed by atoms with Crippen LogP contribution in [0.5, 0.6) is 0 Å². The molecule has 1 fully saturated rings. The van der Waals surface area contributed by atoms with Crippen LogP contribution in [-0.2, 0) is 16.1 Å². The van der Waals surface area contributed by atoms with Crippen LogP contribution in [0.1, 0.15) is 5.76 Å². The summed E-state index contributed by atoms with van der Waals surface area (Å²) in [5.74, 6) is -0.891. The molecule has 6 heteroatoms. The minimum atomic E-state index is -0.892. The predicted octanol–water partition coefficient (Wildman–Crippen LogP) is -0.0878. The molecule has 0 bridgehead atoms. The van der Waals surface area contributed by atoms with Gasteiger partial charge < -0.3 is 14.8 Å². The monoisotopic (exact) mass is 238 g/mol. The Morgan fingerprint density at radius 2 is 2.47 bits per heavy atom. The van der Waals surface area contributed by atoms with E-state index in [1.54, 1.807) is 23.3 Å². The first-order valence-electron chi connectivity index (χ1n) is 5.39. The summed E-state index contributed by atoms with van der Waals surface area (Å²) in [6, 6.07) is 3.57. The summed E-state index contributed by atoms with van der Waals surface area (Å²) < 4.78 is 5.19. The van der Waals surface area contributed by atoms with Gasteiger partial charge in [0.05, 0.1) is 25.3 Å². The standard InChI is InChI=1S/C11H14N2O4/c14-10-7-13(6-9-2-1-3-17-9)5-8(4-12-10)11(15)16/h1-3,8H,4-7H2,(H,12,14)(H,15,16). The number of hydrogen-bond donors (Lipinski definition) is 2. The summed E-state index contributed by atoms with van der Waals surface area (Å²) >= 11 is 0. The number of carboxylic acids is 1. The van der Waals surface area contributed by atoms with E-state index in [-0.39, 0.29) is 19.0 Å². The van der Waals surface area contributed by atoms with Crippen molar-refractivity contribution in [1.82, 2.24) is 10.2 Å². The number of nitrogens with zero attached hydrogens (tertiary/aromatic N) is 1. The van der Waals surface area contributed by atoms with Gasteiger partial charge in [0.2, 0.25) is 5.91 Å². The summed E-state index contributed by atoms with van der Waals surface area (Å²) in [5, 5.41) is 11.6. The minimum Gasteiger partial charge on any atom is -0.481 e. The number of rotatable bonds is 3. The van der Waals surface area contributed by atoms with Gasteiger partial charge in [0.1, 0.15) is 5.76 Å². The number of amides is 1. The third kappa shape index (κ3) is 3.07. The fraction of sp³-hybridized carbons (Fsp3) is 0.455. The van der Waals surface area contributed by atoms with E-state index < -0.39 is 11.9 Å². The van der Waals surface area contributed by atoms with Gasteiger partial charge in [0.25, 0.3) is 0 Å². The lowest BCUT2D eigenvalue weighted by Gasteiger charge is -2.19. The van der Waals surface area contributed by atoms with Crippen LogP contribution < -0.4 is 5.32 Å². The Labute approximate surface area is 98.2 Å². The van der Waals surface area contributed by atoms with E-state index in [1.807, 2.05) is 0 Å². The van der Waals surface area contributed by atoms with Gasteiger partial charge in [-0.3, -0.25) is 14.5 Å². The van der Waals surface area contributed by atoms with E-state index in [4.69, 9.17) is 9.52 Å². The smallest absolute Gasteiger partial charge is 0.309 e. The molecule has 1 aromatic heterocycles. The fourth-order valence-corrected chi connectivity index (χ4v) is 1.85. The van der Waals surface area contributed by atoms with E-state index in [9.17, 15) is 9.59 Å². The number of carbonyl (C=O) groups is 2. The van der Waals surface area contributed by atoms with E-state index in [1.165, 1.54) is 0 Å². The van der Waals surface area contributed by atoms with Crippen molar-refractivity contribution in [3.8, 4) is 0 Å². The molecule has 1 atom stereocenters. The number of carbonyl (C=O) groups excluding carboxylic acids is 1. The fourth-order valence-electron chi connectivity index (χ4n) is 1.85. The van der Waals surface area contributed by atoms with Crippen LogP contribution in [0.25, 0.3) is 0 Å². The van der Waals surface area contributed by atoms with E-state index in [2.05, 4.69) is 5.32 Å². The second-order valence-electron chi connectivity index (χ2n) is 4.09. The molecule has 17 heavy (non-hydrogen) atoms. The van der Waals surface area contributed by atoms with Crippen molar-refractivity contribution in [2.75, 3.05) is 19.6 Å². The molecule has 2 rings (SSSR count). The van der Waals surface area contributed by atoms with E-state index in [0.717, 1.165) is 5.76 Å². The average molecular weight is 238 g/mol. The van der Waals surface area contributed by atoms with Gasteiger partial charge in [0, 0.05) is 13.1 Å². The largest absolute Gasteiger partial charge is 0.481 e. The van der Waals surface area contributed by atoms with Gasteiger partial charge in [-0.1, -0.05) is 0 Å². The van der Waals surface area contributed by atoms with Gasteiger partial charge in [-0.25, -0.2) is 0 Å². The average Bonchev–Trinajstić information content (AvgIpc) is 2.68. The highest BCUT2D eigenvalue weighted by Gasteiger charge is 2.26. The van der Waals surface area contributed by atoms with Crippen LogP contribution in [0.3, 0.4) is 0 Å². The lowest BCUT2D eigenvalue weighted by Crippen LogP contribution is -2.33.